The van der Waals surface area contributed by atoms with E-state index in [2.05, 4.69) is 20.8 Å². The molecule has 0 atom stereocenters. The number of hydrogen-bond acceptors (Lipinski definition) is 4. The summed E-state index contributed by atoms with van der Waals surface area (Å²) >= 11 is 3.41. The van der Waals surface area contributed by atoms with Crippen LogP contribution in [0.25, 0.3) is 0 Å². The topological polar surface area (TPSA) is 53.7 Å². The summed E-state index contributed by atoms with van der Waals surface area (Å²) in [5.41, 5.74) is 0.879. The molecule has 0 saturated heterocycles. The first kappa shape index (κ1) is 9.76. The molecule has 0 saturated carbocycles. The molecule has 1 aliphatic rings. The quantitative estimate of drug-likeness (QED) is 0.821. The van der Waals surface area contributed by atoms with Crippen LogP contribution < -0.4 is 15.4 Å². The van der Waals surface area contributed by atoms with Crippen molar-refractivity contribution in [1.82, 2.24) is 0 Å². The van der Waals surface area contributed by atoms with E-state index in [0.717, 1.165) is 21.5 Å². The Morgan fingerprint density at radius 1 is 1.36 bits per heavy atom. The molecule has 0 aliphatic carbocycles. The molecular formula is C9H10BrNO3. The molecule has 0 spiro atoms. The molecule has 0 bridgehead atoms. The Morgan fingerprint density at radius 3 is 2.93 bits per heavy atom. The van der Waals surface area contributed by atoms with Gasteiger partial charge in [-0.1, -0.05) is 15.9 Å². The fraction of sp³-hybridized carbons (Fsp3) is 0.333. The molecule has 0 fully saturated rings. The third kappa shape index (κ3) is 1.70. The Kier molecular flexibility index (Phi) is 2.90. The van der Waals surface area contributed by atoms with Gasteiger partial charge in [0.15, 0.2) is 11.5 Å². The van der Waals surface area contributed by atoms with Gasteiger partial charge in [0.2, 0.25) is 0 Å². The standard InChI is InChI=1S/C9H10BrNO3/c10-7-1-2-8-9(6(7)5-14-11)13-4-3-12-8/h1-2H,3-5,11H2. The molecule has 0 radical (unpaired) electrons. The van der Waals surface area contributed by atoms with Gasteiger partial charge in [-0.15, -0.1) is 0 Å². The van der Waals surface area contributed by atoms with E-state index in [0.29, 0.717) is 19.8 Å². The van der Waals surface area contributed by atoms with E-state index in [1.807, 2.05) is 12.1 Å². The van der Waals surface area contributed by atoms with Crippen molar-refractivity contribution in [2.24, 2.45) is 5.90 Å². The van der Waals surface area contributed by atoms with Gasteiger partial charge >= 0.3 is 0 Å². The number of ether oxygens (including phenoxy) is 2. The van der Waals surface area contributed by atoms with Gasteiger partial charge in [0.1, 0.15) is 13.2 Å². The van der Waals surface area contributed by atoms with E-state index in [9.17, 15) is 0 Å². The molecule has 76 valence electrons. The first-order valence-electron chi connectivity index (χ1n) is 4.21. The smallest absolute Gasteiger partial charge is 0.168 e. The Morgan fingerprint density at radius 2 is 2.14 bits per heavy atom. The summed E-state index contributed by atoms with van der Waals surface area (Å²) in [7, 11) is 0. The molecule has 2 N–H and O–H groups in total. The summed E-state index contributed by atoms with van der Waals surface area (Å²) < 4.78 is 11.8. The lowest BCUT2D eigenvalue weighted by molar-refractivity contribution is 0.115. The van der Waals surface area contributed by atoms with Crippen molar-refractivity contribution in [3.8, 4) is 11.5 Å². The molecule has 14 heavy (non-hydrogen) atoms. The summed E-state index contributed by atoms with van der Waals surface area (Å²) in [5, 5.41) is 0. The largest absolute Gasteiger partial charge is 0.486 e. The molecule has 2 rings (SSSR count). The van der Waals surface area contributed by atoms with Crippen LogP contribution in [-0.4, -0.2) is 13.2 Å². The third-order valence-electron chi connectivity index (χ3n) is 1.98. The Hall–Kier alpha value is -0.780. The molecule has 0 amide bonds. The third-order valence-corrected chi connectivity index (χ3v) is 2.73. The molecule has 1 aromatic carbocycles. The van der Waals surface area contributed by atoms with Crippen LogP contribution in [-0.2, 0) is 11.4 Å². The van der Waals surface area contributed by atoms with Crippen molar-refractivity contribution in [2.75, 3.05) is 13.2 Å². The Labute approximate surface area is 90.0 Å². The second-order valence-corrected chi connectivity index (χ2v) is 3.72. The van der Waals surface area contributed by atoms with Crippen molar-refractivity contribution in [1.29, 1.82) is 0 Å². The highest BCUT2D eigenvalue weighted by Gasteiger charge is 2.18. The van der Waals surface area contributed by atoms with Crippen molar-refractivity contribution in [2.45, 2.75) is 6.61 Å². The lowest BCUT2D eigenvalue weighted by Crippen LogP contribution is -2.17. The number of benzene rings is 1. The van der Waals surface area contributed by atoms with E-state index in [-0.39, 0.29) is 0 Å². The number of hydrogen-bond donors (Lipinski definition) is 1. The number of halogens is 1. The zero-order valence-corrected chi connectivity index (χ0v) is 9.04. The van der Waals surface area contributed by atoms with Gasteiger partial charge < -0.3 is 9.47 Å². The maximum Gasteiger partial charge on any atom is 0.168 e. The second kappa shape index (κ2) is 4.16. The van der Waals surface area contributed by atoms with E-state index in [1.54, 1.807) is 0 Å². The molecule has 0 aromatic heterocycles. The molecular weight excluding hydrogens is 250 g/mol. The maximum atomic E-state index is 5.50. The highest BCUT2D eigenvalue weighted by atomic mass is 79.9. The van der Waals surface area contributed by atoms with Crippen molar-refractivity contribution in [3.05, 3.63) is 22.2 Å². The van der Waals surface area contributed by atoms with E-state index < -0.39 is 0 Å². The monoisotopic (exact) mass is 259 g/mol. The predicted octanol–water partition coefficient (Wildman–Crippen LogP) is 1.61. The van der Waals surface area contributed by atoms with Gasteiger partial charge in [0, 0.05) is 10.0 Å². The van der Waals surface area contributed by atoms with Crippen LogP contribution in [0.5, 0.6) is 11.5 Å². The van der Waals surface area contributed by atoms with Crippen LogP contribution in [0.1, 0.15) is 5.56 Å². The summed E-state index contributed by atoms with van der Waals surface area (Å²) in [6.07, 6.45) is 0. The SMILES string of the molecule is NOCc1c(Br)ccc2c1OCCO2. The van der Waals surface area contributed by atoms with Crippen molar-refractivity contribution in [3.63, 3.8) is 0 Å². The van der Waals surface area contributed by atoms with Crippen LogP contribution in [0.15, 0.2) is 16.6 Å². The lowest BCUT2D eigenvalue weighted by Gasteiger charge is -2.21. The van der Waals surface area contributed by atoms with Gasteiger partial charge in [0.05, 0.1) is 6.61 Å². The molecule has 5 heteroatoms. The summed E-state index contributed by atoms with van der Waals surface area (Å²) in [5.74, 6) is 6.51. The van der Waals surface area contributed by atoms with Gasteiger partial charge in [0.25, 0.3) is 0 Å². The fourth-order valence-electron chi connectivity index (χ4n) is 1.37. The first-order valence-corrected chi connectivity index (χ1v) is 5.01. The minimum absolute atomic E-state index is 0.299. The normalized spacial score (nSPS) is 14.1. The van der Waals surface area contributed by atoms with Crippen LogP contribution in [0, 0.1) is 0 Å². The van der Waals surface area contributed by atoms with Gasteiger partial charge in [-0.05, 0) is 12.1 Å². The van der Waals surface area contributed by atoms with Gasteiger partial charge in [-0.25, -0.2) is 5.90 Å². The zero-order chi connectivity index (χ0) is 9.97. The van der Waals surface area contributed by atoms with E-state index >= 15 is 0 Å². The number of rotatable bonds is 2. The summed E-state index contributed by atoms with van der Waals surface area (Å²) in [6, 6.07) is 3.75. The predicted molar refractivity (Wildman–Crippen MR) is 54.1 cm³/mol. The minimum atomic E-state index is 0.299. The van der Waals surface area contributed by atoms with Gasteiger partial charge in [-0.2, -0.15) is 0 Å². The number of nitrogens with two attached hydrogens (primary N) is 1. The van der Waals surface area contributed by atoms with Crippen LogP contribution in [0.3, 0.4) is 0 Å². The van der Waals surface area contributed by atoms with Crippen molar-refractivity contribution < 1.29 is 14.3 Å². The molecule has 1 aromatic rings. The Bertz CT molecular complexity index is 343. The summed E-state index contributed by atoms with van der Waals surface area (Å²) in [6.45, 7) is 1.44. The zero-order valence-electron chi connectivity index (χ0n) is 7.46. The molecule has 4 nitrogen and oxygen atoms in total. The lowest BCUT2D eigenvalue weighted by atomic mass is 10.2. The van der Waals surface area contributed by atoms with Crippen LogP contribution in [0.2, 0.25) is 0 Å². The van der Waals surface area contributed by atoms with E-state index in [4.69, 9.17) is 15.4 Å². The Balaban J connectivity index is 2.43. The van der Waals surface area contributed by atoms with E-state index in [1.165, 1.54) is 0 Å². The first-order chi connectivity index (χ1) is 6.83. The molecule has 1 aliphatic heterocycles. The molecule has 0 unspecified atom stereocenters. The second-order valence-electron chi connectivity index (χ2n) is 2.86. The minimum Gasteiger partial charge on any atom is -0.486 e. The van der Waals surface area contributed by atoms with Gasteiger partial charge in [-0.3, -0.25) is 4.84 Å². The highest BCUT2D eigenvalue weighted by molar-refractivity contribution is 9.10. The van der Waals surface area contributed by atoms with Crippen LogP contribution in [0.4, 0.5) is 0 Å². The molecule has 1 heterocycles. The van der Waals surface area contributed by atoms with Crippen molar-refractivity contribution >= 4 is 15.9 Å². The summed E-state index contributed by atoms with van der Waals surface area (Å²) in [4.78, 5) is 4.61. The highest BCUT2D eigenvalue weighted by Crippen LogP contribution is 2.38. The average Bonchev–Trinajstić information content (AvgIpc) is 2.23. The maximum absolute atomic E-state index is 5.50. The fourth-order valence-corrected chi connectivity index (χ4v) is 1.79. The van der Waals surface area contributed by atoms with Crippen LogP contribution >= 0.6 is 15.9 Å². The average molecular weight is 260 g/mol. The number of fused-ring (bicyclic) bond motifs is 1.